The van der Waals surface area contributed by atoms with Crippen LogP contribution in [0.15, 0.2) is 170 Å². The smallest absolute Gasteiger partial charge is 0.416 e. The van der Waals surface area contributed by atoms with Crippen LogP contribution in [0.5, 0.6) is 46.0 Å². The first kappa shape index (κ1) is 60.7. The number of alkyl halides is 6. The summed E-state index contributed by atoms with van der Waals surface area (Å²) in [6.07, 6.45) is -8.98. The number of hydrogen-bond acceptors (Lipinski definition) is 12. The van der Waals surface area contributed by atoms with Gasteiger partial charge in [-0.15, -0.1) is 0 Å². The second kappa shape index (κ2) is 27.3. The standard InChI is InChI=1S/2C13H7ClF3NO3.2C12H7Cl2NO3/c2*14-11-7-8(13(15,16)17)1-6-12(11)21-10-4-2-9(3-5-10)18(19)20;2*13-8-1-6-12(11(14)7-8)18-10-4-2-9(3-5-10)15(16)17/h2*1-7H;2*1-7H. The molecule has 0 aliphatic carbocycles. The summed E-state index contributed by atoms with van der Waals surface area (Å²) in [4.78, 5) is 39.9. The molecule has 0 radical (unpaired) electrons. The summed E-state index contributed by atoms with van der Waals surface area (Å²) in [5.74, 6) is 2.31. The lowest BCUT2D eigenvalue weighted by Crippen LogP contribution is -2.04. The maximum atomic E-state index is 12.5. The first-order valence-electron chi connectivity index (χ1n) is 21.0. The van der Waals surface area contributed by atoms with Gasteiger partial charge in [0.05, 0.1) is 50.9 Å². The summed E-state index contributed by atoms with van der Waals surface area (Å²) in [7, 11) is 0. The van der Waals surface area contributed by atoms with Crippen LogP contribution >= 0.6 is 69.6 Å². The van der Waals surface area contributed by atoms with Crippen LogP contribution in [0.3, 0.4) is 0 Å². The van der Waals surface area contributed by atoms with E-state index < -0.39 is 43.2 Å². The fraction of sp³-hybridized carbons (Fsp3) is 0.0400. The average molecular weight is 1200 g/mol. The van der Waals surface area contributed by atoms with E-state index in [1.54, 1.807) is 36.4 Å². The van der Waals surface area contributed by atoms with Gasteiger partial charge >= 0.3 is 12.4 Å². The Labute approximate surface area is 464 Å². The van der Waals surface area contributed by atoms with Crippen molar-refractivity contribution in [1.29, 1.82) is 0 Å². The molecule has 8 rings (SSSR count). The number of nitro benzene ring substituents is 4. The van der Waals surface area contributed by atoms with Gasteiger partial charge in [-0.1, -0.05) is 69.6 Å². The van der Waals surface area contributed by atoms with Crippen molar-refractivity contribution in [3.8, 4) is 46.0 Å². The van der Waals surface area contributed by atoms with Gasteiger partial charge in [-0.3, -0.25) is 40.5 Å². The van der Waals surface area contributed by atoms with E-state index in [-0.39, 0.29) is 55.8 Å². The van der Waals surface area contributed by atoms with Gasteiger partial charge < -0.3 is 18.9 Å². The zero-order valence-corrected chi connectivity index (χ0v) is 42.9. The molecule has 0 amide bonds. The molecule has 404 valence electrons. The minimum absolute atomic E-state index is 0.00422. The number of ether oxygens (including phenoxy) is 4. The van der Waals surface area contributed by atoms with Gasteiger partial charge in [-0.05, 0) is 121 Å². The van der Waals surface area contributed by atoms with Gasteiger partial charge in [0.15, 0.2) is 0 Å². The van der Waals surface area contributed by atoms with Crippen molar-refractivity contribution in [1.82, 2.24) is 0 Å². The molecule has 8 aromatic rings. The van der Waals surface area contributed by atoms with Crippen LogP contribution in [-0.2, 0) is 12.4 Å². The zero-order valence-electron chi connectivity index (χ0n) is 38.4. The summed E-state index contributed by atoms with van der Waals surface area (Å²) in [6.45, 7) is 0. The first-order chi connectivity index (χ1) is 36.7. The van der Waals surface area contributed by atoms with Crippen molar-refractivity contribution in [2.75, 3.05) is 0 Å². The Bertz CT molecular complexity index is 3190. The van der Waals surface area contributed by atoms with E-state index in [2.05, 4.69) is 0 Å². The summed E-state index contributed by atoms with van der Waals surface area (Å²) >= 11 is 34.9. The van der Waals surface area contributed by atoms with E-state index in [9.17, 15) is 66.8 Å². The molecule has 8 aromatic carbocycles. The molecule has 0 atom stereocenters. The highest BCUT2D eigenvalue weighted by Crippen LogP contribution is 2.39. The molecule has 78 heavy (non-hydrogen) atoms. The highest BCUT2D eigenvalue weighted by atomic mass is 35.5. The number of non-ortho nitro benzene ring substituents is 4. The summed E-state index contributed by atoms with van der Waals surface area (Å²) in [6, 6.07) is 36.7. The third-order valence-electron chi connectivity index (χ3n) is 9.41. The SMILES string of the molecule is O=[N+]([O-])c1ccc(Oc2ccc(C(F)(F)F)cc2Cl)cc1.O=[N+]([O-])c1ccc(Oc2ccc(C(F)(F)F)cc2Cl)cc1.O=[N+]([O-])c1ccc(Oc2ccc(Cl)cc2Cl)cc1.O=[N+]([O-])c1ccc(Oc2ccc(Cl)cc2Cl)cc1. The molecule has 0 saturated carbocycles. The van der Waals surface area contributed by atoms with Crippen LogP contribution in [0.25, 0.3) is 0 Å². The largest absolute Gasteiger partial charge is 0.456 e. The predicted octanol–water partition coefficient (Wildman–Crippen LogP) is 19.5. The van der Waals surface area contributed by atoms with Gasteiger partial charge in [-0.2, -0.15) is 26.3 Å². The zero-order chi connectivity index (χ0) is 57.5. The molecular weight excluding hydrogens is 1180 g/mol. The molecule has 0 bridgehead atoms. The Morgan fingerprint density at radius 2 is 0.513 bits per heavy atom. The van der Waals surface area contributed by atoms with Crippen molar-refractivity contribution in [2.45, 2.75) is 12.4 Å². The molecule has 0 spiro atoms. The Balaban J connectivity index is 0.000000192. The molecule has 0 saturated heterocycles. The number of nitrogens with zero attached hydrogens (tertiary/aromatic N) is 4. The monoisotopic (exact) mass is 1200 g/mol. The Morgan fingerprint density at radius 3 is 0.692 bits per heavy atom. The lowest BCUT2D eigenvalue weighted by molar-refractivity contribution is -0.385. The minimum Gasteiger partial charge on any atom is -0.456 e. The molecule has 0 fully saturated rings. The average Bonchev–Trinajstić information content (AvgIpc) is 3.37. The van der Waals surface area contributed by atoms with E-state index in [0.717, 1.165) is 36.4 Å². The lowest BCUT2D eigenvalue weighted by Gasteiger charge is -2.11. The van der Waals surface area contributed by atoms with Crippen molar-refractivity contribution < 1.29 is 65.0 Å². The van der Waals surface area contributed by atoms with E-state index in [4.69, 9.17) is 88.6 Å². The minimum atomic E-state index is -4.49. The summed E-state index contributed by atoms with van der Waals surface area (Å²) in [5.41, 5.74) is -2.01. The molecular formula is C50H28Cl6F6N4O12. The third-order valence-corrected chi connectivity index (χ3v) is 11.1. The Morgan fingerprint density at radius 1 is 0.308 bits per heavy atom. The topological polar surface area (TPSA) is 209 Å². The molecule has 28 heteroatoms. The fourth-order valence-corrected chi connectivity index (χ4v) is 7.02. The number of rotatable bonds is 12. The Hall–Kier alpha value is -8.12. The lowest BCUT2D eigenvalue weighted by atomic mass is 10.2. The molecule has 0 heterocycles. The van der Waals surface area contributed by atoms with Crippen LogP contribution in [0.4, 0.5) is 49.1 Å². The van der Waals surface area contributed by atoms with Crippen molar-refractivity contribution in [3.05, 3.63) is 252 Å². The van der Waals surface area contributed by atoms with Crippen molar-refractivity contribution in [2.24, 2.45) is 0 Å². The molecule has 0 N–H and O–H groups in total. The number of hydrogen-bond donors (Lipinski definition) is 0. The maximum Gasteiger partial charge on any atom is 0.416 e. The van der Waals surface area contributed by atoms with Crippen LogP contribution in [-0.4, -0.2) is 19.7 Å². The molecule has 0 aliphatic heterocycles. The van der Waals surface area contributed by atoms with Gasteiger partial charge in [0.25, 0.3) is 22.7 Å². The number of benzene rings is 8. The van der Waals surface area contributed by atoms with Gasteiger partial charge in [0.1, 0.15) is 46.0 Å². The highest BCUT2D eigenvalue weighted by molar-refractivity contribution is 6.36. The second-order valence-corrected chi connectivity index (χ2v) is 17.3. The van der Waals surface area contributed by atoms with E-state index >= 15 is 0 Å². The number of halogens is 12. The van der Waals surface area contributed by atoms with Crippen LogP contribution in [0, 0.1) is 40.5 Å². The summed E-state index contributed by atoms with van der Waals surface area (Å²) in [5, 5.41) is 43.3. The molecule has 0 aromatic heterocycles. The molecule has 16 nitrogen and oxygen atoms in total. The normalized spacial score (nSPS) is 10.7. The maximum absolute atomic E-state index is 12.5. The van der Waals surface area contributed by atoms with E-state index in [0.29, 0.717) is 43.1 Å². The van der Waals surface area contributed by atoms with Crippen molar-refractivity contribution in [3.63, 3.8) is 0 Å². The highest BCUT2D eigenvalue weighted by Gasteiger charge is 2.32. The fourth-order valence-electron chi connectivity index (χ4n) is 5.69. The van der Waals surface area contributed by atoms with Gasteiger partial charge in [0.2, 0.25) is 0 Å². The Kier molecular flexibility index (Phi) is 21.2. The molecule has 0 unspecified atom stereocenters. The van der Waals surface area contributed by atoms with E-state index in [1.807, 2.05) is 0 Å². The summed E-state index contributed by atoms with van der Waals surface area (Å²) < 4.78 is 96.5. The first-order valence-corrected chi connectivity index (χ1v) is 23.3. The second-order valence-electron chi connectivity index (χ2n) is 14.8. The quantitative estimate of drug-likeness (QED) is 0.0635. The van der Waals surface area contributed by atoms with Crippen LogP contribution < -0.4 is 18.9 Å². The predicted molar refractivity (Wildman–Crippen MR) is 279 cm³/mol. The number of nitro groups is 4. The van der Waals surface area contributed by atoms with Gasteiger partial charge in [0, 0.05) is 58.6 Å². The van der Waals surface area contributed by atoms with Gasteiger partial charge in [-0.25, -0.2) is 0 Å². The van der Waals surface area contributed by atoms with Crippen LogP contribution in [0.1, 0.15) is 11.1 Å². The third kappa shape index (κ3) is 18.6. The van der Waals surface area contributed by atoms with Crippen LogP contribution in [0.2, 0.25) is 30.1 Å². The van der Waals surface area contributed by atoms with Crippen molar-refractivity contribution >= 4 is 92.4 Å². The molecule has 0 aliphatic rings. The van der Waals surface area contributed by atoms with E-state index in [1.165, 1.54) is 97.1 Å².